The number of carboxylic acid groups (broad SMARTS) is 1. The molecule has 2 N–H and O–H groups in total. The normalized spacial score (nSPS) is 24.7. The molecule has 1 amide bonds. The van der Waals surface area contributed by atoms with Crippen molar-refractivity contribution in [3.8, 4) is 0 Å². The molecule has 2 aliphatic rings. The van der Waals surface area contributed by atoms with Crippen molar-refractivity contribution in [3.05, 3.63) is 24.0 Å². The Kier molecular flexibility index (Phi) is 4.79. The summed E-state index contributed by atoms with van der Waals surface area (Å²) in [4.78, 5) is 16.9. The minimum atomic E-state index is -0.853. The van der Waals surface area contributed by atoms with Crippen LogP contribution >= 0.6 is 0 Å². The molecule has 2 fully saturated rings. The molecule has 0 unspecified atom stereocenters. The summed E-state index contributed by atoms with van der Waals surface area (Å²) in [7, 11) is -0.404. The number of aromatic nitrogens is 1. The molecule has 8 heteroatoms. The first-order valence-corrected chi connectivity index (χ1v) is 8.70. The Bertz CT molecular complexity index is 619. The van der Waals surface area contributed by atoms with Crippen LogP contribution in [0.4, 0.5) is 4.79 Å². The summed E-state index contributed by atoms with van der Waals surface area (Å²) in [6, 6.07) is 4.11. The van der Waals surface area contributed by atoms with Gasteiger partial charge in [-0.2, -0.15) is 0 Å². The van der Waals surface area contributed by atoms with Gasteiger partial charge in [-0.1, -0.05) is 6.07 Å². The summed E-state index contributed by atoms with van der Waals surface area (Å²) in [6.45, 7) is 9.84. The molecule has 2 saturated heterocycles. The summed E-state index contributed by atoms with van der Waals surface area (Å²) >= 11 is 0. The van der Waals surface area contributed by atoms with Crippen molar-refractivity contribution in [2.24, 2.45) is 0 Å². The number of likely N-dealkylation sites (tertiary alicyclic amines) is 1. The lowest BCUT2D eigenvalue weighted by molar-refractivity contribution is 0.00578. The highest BCUT2D eigenvalue weighted by Crippen LogP contribution is 2.36. The van der Waals surface area contributed by atoms with E-state index in [-0.39, 0.29) is 17.2 Å². The van der Waals surface area contributed by atoms with Crippen LogP contribution in [-0.2, 0) is 15.9 Å². The van der Waals surface area contributed by atoms with Gasteiger partial charge in [0.1, 0.15) is 0 Å². The topological polar surface area (TPSA) is 83.9 Å². The zero-order chi connectivity index (χ0) is 18.2. The lowest BCUT2D eigenvalue weighted by Crippen LogP contribution is -2.41. The molecular formula is C17H26BN3O4. The molecular weight excluding hydrogens is 321 g/mol. The first kappa shape index (κ1) is 18.2. The average Bonchev–Trinajstić information content (AvgIpc) is 3.09. The van der Waals surface area contributed by atoms with E-state index in [2.05, 4.69) is 10.3 Å². The Labute approximate surface area is 148 Å². The molecule has 25 heavy (non-hydrogen) atoms. The molecule has 0 aromatic carbocycles. The SMILES string of the molecule is CC1(C)OB(c2ccc(CN[C@@H]3CCN(C(=O)O)C3)nc2)OC1(C)C. The number of rotatable bonds is 4. The molecule has 1 aromatic heterocycles. The highest BCUT2D eigenvalue weighted by Gasteiger charge is 2.51. The van der Waals surface area contributed by atoms with Gasteiger partial charge in [0.25, 0.3) is 0 Å². The van der Waals surface area contributed by atoms with E-state index >= 15 is 0 Å². The molecule has 1 aromatic rings. The van der Waals surface area contributed by atoms with Crippen LogP contribution in [0, 0.1) is 0 Å². The Morgan fingerprint density at radius 1 is 1.36 bits per heavy atom. The van der Waals surface area contributed by atoms with E-state index in [9.17, 15) is 4.79 Å². The third-order valence-corrected chi connectivity index (χ3v) is 5.40. The Balaban J connectivity index is 1.54. The van der Waals surface area contributed by atoms with Crippen LogP contribution in [0.15, 0.2) is 18.3 Å². The van der Waals surface area contributed by atoms with E-state index < -0.39 is 13.2 Å². The van der Waals surface area contributed by atoms with Crippen LogP contribution in [0.2, 0.25) is 0 Å². The molecule has 7 nitrogen and oxygen atoms in total. The second-order valence-corrected chi connectivity index (χ2v) is 7.77. The van der Waals surface area contributed by atoms with Gasteiger partial charge in [-0.15, -0.1) is 0 Å². The number of nitrogens with one attached hydrogen (secondary N) is 1. The predicted molar refractivity (Wildman–Crippen MR) is 94.8 cm³/mol. The van der Waals surface area contributed by atoms with E-state index in [4.69, 9.17) is 14.4 Å². The molecule has 2 aliphatic heterocycles. The monoisotopic (exact) mass is 347 g/mol. The van der Waals surface area contributed by atoms with Gasteiger partial charge in [0.05, 0.1) is 16.9 Å². The van der Waals surface area contributed by atoms with Gasteiger partial charge in [-0.05, 0) is 40.2 Å². The number of amides is 1. The maximum absolute atomic E-state index is 10.9. The fourth-order valence-corrected chi connectivity index (χ4v) is 3.01. The van der Waals surface area contributed by atoms with Gasteiger partial charge < -0.3 is 24.6 Å². The maximum Gasteiger partial charge on any atom is 0.496 e. The average molecular weight is 347 g/mol. The highest BCUT2D eigenvalue weighted by atomic mass is 16.7. The van der Waals surface area contributed by atoms with Crippen molar-refractivity contribution in [1.29, 1.82) is 0 Å². The number of hydrogen-bond acceptors (Lipinski definition) is 5. The standard InChI is InChI=1S/C17H26BN3O4/c1-16(2)17(3,4)25-18(24-16)12-5-6-13(19-9-12)10-20-14-7-8-21(11-14)15(22)23/h5-6,9,14,20H,7-8,10-11H2,1-4H3,(H,22,23)/t14-/m1/s1. The zero-order valence-corrected chi connectivity index (χ0v) is 15.3. The van der Waals surface area contributed by atoms with Gasteiger partial charge in [0.2, 0.25) is 0 Å². The lowest BCUT2D eigenvalue weighted by atomic mass is 9.80. The molecule has 3 rings (SSSR count). The van der Waals surface area contributed by atoms with E-state index in [0.717, 1.165) is 17.6 Å². The van der Waals surface area contributed by atoms with Gasteiger partial charge in [0.15, 0.2) is 0 Å². The smallest absolute Gasteiger partial charge is 0.465 e. The zero-order valence-electron chi connectivity index (χ0n) is 15.3. The van der Waals surface area contributed by atoms with E-state index in [1.165, 1.54) is 4.90 Å². The van der Waals surface area contributed by atoms with Crippen molar-refractivity contribution < 1.29 is 19.2 Å². The van der Waals surface area contributed by atoms with Gasteiger partial charge in [0, 0.05) is 37.3 Å². The third-order valence-electron chi connectivity index (χ3n) is 5.40. The van der Waals surface area contributed by atoms with Crippen molar-refractivity contribution in [2.45, 2.75) is 57.9 Å². The number of carbonyl (C=O) groups is 1. The Morgan fingerprint density at radius 2 is 2.04 bits per heavy atom. The van der Waals surface area contributed by atoms with Gasteiger partial charge >= 0.3 is 13.2 Å². The second kappa shape index (κ2) is 6.59. The van der Waals surface area contributed by atoms with Crippen LogP contribution in [0.25, 0.3) is 0 Å². The Hall–Kier alpha value is -1.64. The molecule has 0 spiro atoms. The van der Waals surface area contributed by atoms with Gasteiger partial charge in [-0.3, -0.25) is 4.98 Å². The first-order chi connectivity index (χ1) is 11.7. The highest BCUT2D eigenvalue weighted by molar-refractivity contribution is 6.62. The molecule has 0 radical (unpaired) electrons. The number of hydrogen-bond donors (Lipinski definition) is 2. The maximum atomic E-state index is 10.9. The fraction of sp³-hybridized carbons (Fsp3) is 0.647. The molecule has 0 aliphatic carbocycles. The minimum Gasteiger partial charge on any atom is -0.465 e. The van der Waals surface area contributed by atoms with Gasteiger partial charge in [-0.25, -0.2) is 4.79 Å². The van der Waals surface area contributed by atoms with Crippen molar-refractivity contribution in [1.82, 2.24) is 15.2 Å². The van der Waals surface area contributed by atoms with Crippen LogP contribution in [0.1, 0.15) is 39.8 Å². The second-order valence-electron chi connectivity index (χ2n) is 7.77. The molecule has 0 saturated carbocycles. The van der Waals surface area contributed by atoms with E-state index in [1.54, 1.807) is 6.20 Å². The van der Waals surface area contributed by atoms with Crippen LogP contribution in [-0.4, -0.2) is 58.5 Å². The minimum absolute atomic E-state index is 0.181. The summed E-state index contributed by atoms with van der Waals surface area (Å²) in [5, 5.41) is 12.4. The summed E-state index contributed by atoms with van der Waals surface area (Å²) in [6.07, 6.45) is 1.77. The Morgan fingerprint density at radius 3 is 2.56 bits per heavy atom. The van der Waals surface area contributed by atoms with E-state index in [0.29, 0.717) is 19.6 Å². The molecule has 3 heterocycles. The van der Waals surface area contributed by atoms with Crippen LogP contribution < -0.4 is 10.8 Å². The molecule has 136 valence electrons. The van der Waals surface area contributed by atoms with Crippen molar-refractivity contribution in [2.75, 3.05) is 13.1 Å². The van der Waals surface area contributed by atoms with Crippen LogP contribution in [0.3, 0.4) is 0 Å². The fourth-order valence-electron chi connectivity index (χ4n) is 3.01. The largest absolute Gasteiger partial charge is 0.496 e. The molecule has 1 atom stereocenters. The van der Waals surface area contributed by atoms with Crippen LogP contribution in [0.5, 0.6) is 0 Å². The van der Waals surface area contributed by atoms with Crippen molar-refractivity contribution >= 4 is 18.7 Å². The number of pyridine rings is 1. The molecule has 0 bridgehead atoms. The predicted octanol–water partition coefficient (Wildman–Crippen LogP) is 1.22. The van der Waals surface area contributed by atoms with Crippen molar-refractivity contribution in [3.63, 3.8) is 0 Å². The summed E-state index contributed by atoms with van der Waals surface area (Å²) < 4.78 is 12.1. The van der Waals surface area contributed by atoms with E-state index in [1.807, 2.05) is 39.8 Å². The first-order valence-electron chi connectivity index (χ1n) is 8.70. The number of nitrogens with zero attached hydrogens (tertiary/aromatic N) is 2. The quantitative estimate of drug-likeness (QED) is 0.797. The third kappa shape index (κ3) is 3.81. The summed E-state index contributed by atoms with van der Waals surface area (Å²) in [5.74, 6) is 0. The summed E-state index contributed by atoms with van der Waals surface area (Å²) in [5.41, 5.74) is 1.08. The lowest BCUT2D eigenvalue weighted by Gasteiger charge is -2.32.